The Balaban J connectivity index is 3.46. The normalized spacial score (nSPS) is 17.6. The van der Waals surface area contributed by atoms with Gasteiger partial charge >= 0.3 is 0 Å². The van der Waals surface area contributed by atoms with Gasteiger partial charge in [-0.15, -0.1) is 0 Å². The number of rotatable bonds is 4. The lowest BCUT2D eigenvalue weighted by Gasteiger charge is -2.11. The van der Waals surface area contributed by atoms with Crippen LogP contribution in [0.5, 0.6) is 0 Å². The van der Waals surface area contributed by atoms with Gasteiger partial charge in [0.25, 0.3) is 0 Å². The first-order valence-electron chi connectivity index (χ1n) is 4.16. The molecular weight excluding hydrogens is 120 g/mol. The fraction of sp³-hybridized carbons (Fsp3) is 0.700. The first kappa shape index (κ1) is 9.74. The Bertz CT molecular complexity index is 92.2. The number of hydrogen-bond donors (Lipinski definition) is 0. The van der Waals surface area contributed by atoms with Crippen LogP contribution in [0.3, 0.4) is 0 Å². The second kappa shape index (κ2) is 5.52. The summed E-state index contributed by atoms with van der Waals surface area (Å²) < 4.78 is 0. The smallest absolute Gasteiger partial charge is 0.0259 e. The summed E-state index contributed by atoms with van der Waals surface area (Å²) >= 11 is 0. The van der Waals surface area contributed by atoms with Crippen molar-refractivity contribution >= 4 is 0 Å². The van der Waals surface area contributed by atoms with Crippen molar-refractivity contribution in [2.45, 2.75) is 33.6 Å². The Morgan fingerprint density at radius 1 is 1.40 bits per heavy atom. The van der Waals surface area contributed by atoms with Crippen LogP contribution in [-0.4, -0.2) is 0 Å². The summed E-state index contributed by atoms with van der Waals surface area (Å²) in [5.41, 5.74) is 0. The van der Waals surface area contributed by atoms with E-state index in [1.807, 2.05) is 6.08 Å². The Hall–Kier alpha value is -0.260. The van der Waals surface area contributed by atoms with Gasteiger partial charge in [0.2, 0.25) is 0 Å². The summed E-state index contributed by atoms with van der Waals surface area (Å²) in [6, 6.07) is 0. The van der Waals surface area contributed by atoms with Crippen molar-refractivity contribution in [1.82, 2.24) is 0 Å². The van der Waals surface area contributed by atoms with Crippen LogP contribution in [-0.2, 0) is 0 Å². The molecule has 0 spiro atoms. The van der Waals surface area contributed by atoms with Gasteiger partial charge in [0, 0.05) is 0 Å². The topological polar surface area (TPSA) is 0 Å². The zero-order valence-electron chi connectivity index (χ0n) is 7.43. The Labute approximate surface area is 65.3 Å². The highest BCUT2D eigenvalue weighted by molar-refractivity contribution is 4.88. The monoisotopic (exact) mass is 139 g/mol. The summed E-state index contributed by atoms with van der Waals surface area (Å²) in [6.07, 6.45) is 6.65. The molecule has 0 nitrogen and oxygen atoms in total. The third-order valence-corrected chi connectivity index (χ3v) is 1.94. The average Bonchev–Trinajstić information content (AvgIpc) is 1.88. The van der Waals surface area contributed by atoms with E-state index in [0.29, 0.717) is 5.92 Å². The van der Waals surface area contributed by atoms with Crippen molar-refractivity contribution in [2.75, 3.05) is 0 Å². The van der Waals surface area contributed by atoms with Gasteiger partial charge in [0.05, 0.1) is 0 Å². The van der Waals surface area contributed by atoms with Crippen LogP contribution in [0.2, 0.25) is 0 Å². The van der Waals surface area contributed by atoms with Gasteiger partial charge in [-0.2, -0.15) is 0 Å². The van der Waals surface area contributed by atoms with Crippen LogP contribution in [0.25, 0.3) is 0 Å². The van der Waals surface area contributed by atoms with Gasteiger partial charge in [-0.3, -0.25) is 0 Å². The molecule has 0 amide bonds. The molecule has 0 bridgehead atoms. The molecule has 1 radical (unpaired) electrons. The maximum Gasteiger partial charge on any atom is -0.0259 e. The average molecular weight is 139 g/mol. The van der Waals surface area contributed by atoms with E-state index in [-0.39, 0.29) is 0 Å². The molecule has 2 unspecified atom stereocenters. The van der Waals surface area contributed by atoms with Crippen LogP contribution in [0.1, 0.15) is 33.6 Å². The first-order valence-corrected chi connectivity index (χ1v) is 4.16. The molecule has 0 N–H and O–H groups in total. The standard InChI is InChI=1S/C10H19/c1-5-7-10(4)8-9(3)6-2/h5,7,9-10H,1,6,8H2,2-4H3/b7-5+. The lowest BCUT2D eigenvalue weighted by Crippen LogP contribution is -1.98. The molecule has 0 fully saturated rings. The third-order valence-electron chi connectivity index (χ3n) is 1.94. The van der Waals surface area contributed by atoms with E-state index < -0.39 is 0 Å². The fourth-order valence-corrected chi connectivity index (χ4v) is 1.11. The van der Waals surface area contributed by atoms with Crippen molar-refractivity contribution in [1.29, 1.82) is 0 Å². The van der Waals surface area contributed by atoms with Crippen molar-refractivity contribution in [2.24, 2.45) is 11.8 Å². The van der Waals surface area contributed by atoms with E-state index in [1.165, 1.54) is 12.8 Å². The second-order valence-electron chi connectivity index (χ2n) is 3.15. The molecule has 0 saturated heterocycles. The van der Waals surface area contributed by atoms with Gasteiger partial charge in [0.15, 0.2) is 0 Å². The molecule has 0 aliphatic rings. The summed E-state index contributed by atoms with van der Waals surface area (Å²) in [5, 5.41) is 0. The largest absolute Gasteiger partial charge is 0.0880 e. The molecule has 0 heteroatoms. The van der Waals surface area contributed by atoms with Crippen LogP contribution < -0.4 is 0 Å². The number of allylic oxidation sites excluding steroid dienone is 2. The lowest BCUT2D eigenvalue weighted by molar-refractivity contribution is 0.455. The molecular formula is C10H19. The van der Waals surface area contributed by atoms with Crippen LogP contribution in [0.15, 0.2) is 12.2 Å². The first-order chi connectivity index (χ1) is 4.70. The Morgan fingerprint density at radius 2 is 2.00 bits per heavy atom. The predicted octanol–water partition coefficient (Wildman–Crippen LogP) is 3.45. The summed E-state index contributed by atoms with van der Waals surface area (Å²) in [7, 11) is 0. The van der Waals surface area contributed by atoms with Crippen molar-refractivity contribution in [3.8, 4) is 0 Å². The van der Waals surface area contributed by atoms with Gasteiger partial charge in [0.1, 0.15) is 0 Å². The molecule has 0 heterocycles. The highest BCUT2D eigenvalue weighted by Crippen LogP contribution is 2.15. The molecule has 0 aromatic heterocycles. The van der Waals surface area contributed by atoms with Gasteiger partial charge in [-0.1, -0.05) is 39.3 Å². The van der Waals surface area contributed by atoms with E-state index in [2.05, 4.69) is 33.8 Å². The van der Waals surface area contributed by atoms with Crippen molar-refractivity contribution < 1.29 is 0 Å². The maximum absolute atomic E-state index is 3.68. The molecule has 0 aliphatic carbocycles. The van der Waals surface area contributed by atoms with Gasteiger partial charge in [-0.25, -0.2) is 0 Å². The van der Waals surface area contributed by atoms with E-state index in [9.17, 15) is 0 Å². The van der Waals surface area contributed by atoms with E-state index in [1.54, 1.807) is 0 Å². The molecule has 2 atom stereocenters. The van der Waals surface area contributed by atoms with Gasteiger partial charge in [-0.05, 0) is 25.2 Å². The number of hydrogen-bond acceptors (Lipinski definition) is 0. The Morgan fingerprint density at radius 3 is 2.40 bits per heavy atom. The van der Waals surface area contributed by atoms with Crippen LogP contribution >= 0.6 is 0 Å². The third kappa shape index (κ3) is 4.60. The van der Waals surface area contributed by atoms with E-state index in [0.717, 1.165) is 5.92 Å². The van der Waals surface area contributed by atoms with E-state index in [4.69, 9.17) is 0 Å². The molecule has 59 valence electrons. The van der Waals surface area contributed by atoms with Crippen LogP contribution in [0.4, 0.5) is 0 Å². The minimum Gasteiger partial charge on any atom is -0.0880 e. The maximum atomic E-state index is 3.68. The molecule has 0 rings (SSSR count). The molecule has 0 aromatic rings. The lowest BCUT2D eigenvalue weighted by atomic mass is 9.95. The molecule has 0 aliphatic heterocycles. The molecule has 0 saturated carbocycles. The SMILES string of the molecule is [CH2]/C=C/C(C)CC(C)CC. The molecule has 0 aromatic carbocycles. The van der Waals surface area contributed by atoms with Crippen molar-refractivity contribution in [3.05, 3.63) is 19.1 Å². The zero-order valence-corrected chi connectivity index (χ0v) is 7.43. The van der Waals surface area contributed by atoms with Crippen LogP contribution in [0, 0.1) is 18.8 Å². The summed E-state index contributed by atoms with van der Waals surface area (Å²) in [4.78, 5) is 0. The minimum atomic E-state index is 0.701. The van der Waals surface area contributed by atoms with Crippen molar-refractivity contribution in [3.63, 3.8) is 0 Å². The highest BCUT2D eigenvalue weighted by atomic mass is 14.1. The zero-order chi connectivity index (χ0) is 7.98. The fourth-order valence-electron chi connectivity index (χ4n) is 1.11. The van der Waals surface area contributed by atoms with Gasteiger partial charge < -0.3 is 0 Å². The summed E-state index contributed by atoms with van der Waals surface area (Å²) in [6.45, 7) is 10.5. The van der Waals surface area contributed by atoms with E-state index >= 15 is 0 Å². The Kier molecular flexibility index (Phi) is 5.38. The predicted molar refractivity (Wildman–Crippen MR) is 47.7 cm³/mol. The molecule has 10 heavy (non-hydrogen) atoms. The summed E-state index contributed by atoms with van der Waals surface area (Å²) in [5.74, 6) is 1.55. The highest BCUT2D eigenvalue weighted by Gasteiger charge is 2.02. The minimum absolute atomic E-state index is 0.701. The second-order valence-corrected chi connectivity index (χ2v) is 3.15. The quantitative estimate of drug-likeness (QED) is 0.559.